The van der Waals surface area contributed by atoms with E-state index in [2.05, 4.69) is 15.5 Å². The third-order valence-corrected chi connectivity index (χ3v) is 8.68. The van der Waals surface area contributed by atoms with Crippen LogP contribution in [-0.4, -0.2) is 47.4 Å². The lowest BCUT2D eigenvalue weighted by molar-refractivity contribution is 0.179. The van der Waals surface area contributed by atoms with Crippen molar-refractivity contribution in [2.45, 2.75) is 35.3 Å². The first-order valence-corrected chi connectivity index (χ1v) is 11.0. The molecule has 1 aliphatic carbocycles. The molecule has 8 nitrogen and oxygen atoms in total. The Kier molecular flexibility index (Phi) is 4.96. The molecule has 0 atom stereocenters. The minimum Gasteiger partial charge on any atom is -0.325 e. The highest BCUT2D eigenvalue weighted by atomic mass is 32.2. The molecule has 1 saturated heterocycles. The van der Waals surface area contributed by atoms with Crippen LogP contribution in [0.25, 0.3) is 0 Å². The van der Waals surface area contributed by atoms with Gasteiger partial charge in [0.15, 0.2) is 9.84 Å². The van der Waals surface area contributed by atoms with Crippen molar-refractivity contribution in [2.24, 2.45) is 5.92 Å². The van der Waals surface area contributed by atoms with Gasteiger partial charge < -0.3 is 10.2 Å². The summed E-state index contributed by atoms with van der Waals surface area (Å²) < 4.78 is 26.0. The Morgan fingerprint density at radius 3 is 2.52 bits per heavy atom. The van der Waals surface area contributed by atoms with Crippen molar-refractivity contribution in [3.8, 4) is 6.07 Å². The monoisotopic (exact) mass is 411 g/mol. The van der Waals surface area contributed by atoms with Crippen LogP contribution < -0.4 is 5.32 Å². The van der Waals surface area contributed by atoms with Crippen LogP contribution in [0.5, 0.6) is 0 Å². The van der Waals surface area contributed by atoms with Gasteiger partial charge in [0.05, 0.1) is 33.3 Å². The van der Waals surface area contributed by atoms with Crippen molar-refractivity contribution < 1.29 is 13.2 Å². The summed E-state index contributed by atoms with van der Waals surface area (Å²) in [4.78, 5) is 14.3. The molecule has 1 aliphatic heterocycles. The number of carbonyl (C=O) groups is 1. The first-order valence-electron chi connectivity index (χ1n) is 9.54. The quantitative estimate of drug-likeness (QED) is 0.827. The third-order valence-electron chi connectivity index (χ3n) is 5.94. The zero-order valence-electron chi connectivity index (χ0n) is 15.8. The maximum Gasteiger partial charge on any atom is 0.321 e. The van der Waals surface area contributed by atoms with Gasteiger partial charge in [-0.2, -0.15) is 15.5 Å². The second-order valence-electron chi connectivity index (χ2n) is 7.50. The van der Waals surface area contributed by atoms with Gasteiger partial charge in [-0.3, -0.25) is 0 Å². The molecule has 0 radical (unpaired) electrons. The van der Waals surface area contributed by atoms with Crippen molar-refractivity contribution in [3.05, 3.63) is 48.3 Å². The molecule has 29 heavy (non-hydrogen) atoms. The van der Waals surface area contributed by atoms with Gasteiger partial charge in [0.2, 0.25) is 0 Å². The highest BCUT2D eigenvalue weighted by Crippen LogP contribution is 2.55. The molecule has 150 valence electrons. The summed E-state index contributed by atoms with van der Waals surface area (Å²) in [6, 6.07) is 9.84. The summed E-state index contributed by atoms with van der Waals surface area (Å²) >= 11 is 0. The highest BCUT2D eigenvalue weighted by Gasteiger charge is 2.60. The number of rotatable bonds is 4. The average molecular weight is 411 g/mol. The minimum atomic E-state index is -3.61. The summed E-state index contributed by atoms with van der Waals surface area (Å²) in [5.41, 5.74) is 0.767. The smallest absolute Gasteiger partial charge is 0.321 e. The number of piperidine rings is 1. The number of hydrogen-bond acceptors (Lipinski definition) is 6. The summed E-state index contributed by atoms with van der Waals surface area (Å²) in [6.45, 7) is 0.984. The summed E-state index contributed by atoms with van der Waals surface area (Å²) in [6.07, 6.45) is 5.43. The van der Waals surface area contributed by atoms with E-state index >= 15 is 0 Å². The second kappa shape index (κ2) is 7.44. The van der Waals surface area contributed by atoms with Gasteiger partial charge >= 0.3 is 6.03 Å². The molecule has 2 aliphatic rings. The lowest BCUT2D eigenvalue weighted by atomic mass is 9.91. The van der Waals surface area contributed by atoms with Crippen LogP contribution in [0, 0.1) is 17.2 Å². The van der Waals surface area contributed by atoms with Gasteiger partial charge in [-0.05, 0) is 49.8 Å². The number of benzene rings is 1. The van der Waals surface area contributed by atoms with Gasteiger partial charge in [-0.15, -0.1) is 0 Å². The van der Waals surface area contributed by atoms with E-state index in [1.807, 2.05) is 6.07 Å². The van der Waals surface area contributed by atoms with E-state index in [1.165, 1.54) is 18.5 Å². The van der Waals surface area contributed by atoms with E-state index < -0.39 is 14.6 Å². The van der Waals surface area contributed by atoms with Crippen LogP contribution in [0.15, 0.2) is 47.6 Å². The molecule has 0 bridgehead atoms. The molecule has 2 fully saturated rings. The Hall–Kier alpha value is -2.99. The van der Waals surface area contributed by atoms with Gasteiger partial charge in [0.25, 0.3) is 0 Å². The van der Waals surface area contributed by atoms with E-state index in [4.69, 9.17) is 0 Å². The van der Waals surface area contributed by atoms with E-state index in [9.17, 15) is 18.5 Å². The predicted molar refractivity (Wildman–Crippen MR) is 106 cm³/mol. The lowest BCUT2D eigenvalue weighted by Gasteiger charge is -2.36. The first-order chi connectivity index (χ1) is 14.0. The number of aromatic nitrogens is 2. The molecule has 2 amide bonds. The standard InChI is InChI=1S/C20H21N5O3S/c21-13-15-3-1-2-4-18(15)29(27,28)20(8-9-20)16-6-11-25(12-7-16)19(26)24-17-5-10-22-23-14-17/h1-5,10,14,16H,6-9,11-12H2,(H,22,24,26). The number of urea groups is 1. The van der Waals surface area contributed by atoms with Gasteiger partial charge in [-0.1, -0.05) is 12.1 Å². The molecule has 1 aromatic carbocycles. The number of amides is 2. The second-order valence-corrected chi connectivity index (χ2v) is 9.76. The van der Waals surface area contributed by atoms with Crippen molar-refractivity contribution in [3.63, 3.8) is 0 Å². The maximum absolute atomic E-state index is 13.4. The van der Waals surface area contributed by atoms with Crippen LogP contribution in [0.4, 0.5) is 10.5 Å². The van der Waals surface area contributed by atoms with Gasteiger partial charge in [-0.25, -0.2) is 13.2 Å². The van der Waals surface area contributed by atoms with Crippen molar-refractivity contribution in [2.75, 3.05) is 18.4 Å². The predicted octanol–water partition coefficient (Wildman–Crippen LogP) is 2.60. The SMILES string of the molecule is N#Cc1ccccc1S(=O)(=O)C1(C2CCN(C(=O)Nc3ccnnc3)CC2)CC1. The molecular formula is C20H21N5O3S. The lowest BCUT2D eigenvalue weighted by Crippen LogP contribution is -2.45. The van der Waals surface area contributed by atoms with Crippen molar-refractivity contribution >= 4 is 21.6 Å². The summed E-state index contributed by atoms with van der Waals surface area (Å²) in [7, 11) is -3.61. The van der Waals surface area contributed by atoms with Crippen LogP contribution in [0.2, 0.25) is 0 Å². The van der Waals surface area contributed by atoms with Crippen LogP contribution in [0.1, 0.15) is 31.2 Å². The van der Waals surface area contributed by atoms with Gasteiger partial charge in [0.1, 0.15) is 6.07 Å². The third kappa shape index (κ3) is 3.44. The molecule has 0 spiro atoms. The Labute approximate surface area is 169 Å². The number of anilines is 1. The number of nitriles is 1. The van der Waals surface area contributed by atoms with Crippen molar-refractivity contribution in [1.29, 1.82) is 5.26 Å². The molecule has 2 aromatic rings. The Morgan fingerprint density at radius 2 is 1.90 bits per heavy atom. The molecule has 2 heterocycles. The Bertz CT molecular complexity index is 1050. The van der Waals surface area contributed by atoms with Crippen LogP contribution in [-0.2, 0) is 9.84 Å². The largest absolute Gasteiger partial charge is 0.325 e. The number of likely N-dealkylation sites (tertiary alicyclic amines) is 1. The first kappa shape index (κ1) is 19.3. The number of carbonyl (C=O) groups excluding carboxylic acids is 1. The molecule has 1 N–H and O–H groups in total. The highest BCUT2D eigenvalue weighted by molar-refractivity contribution is 7.93. The molecule has 1 aromatic heterocycles. The van der Waals surface area contributed by atoms with E-state index in [0.717, 1.165) is 0 Å². The summed E-state index contributed by atoms with van der Waals surface area (Å²) in [5, 5.41) is 19.5. The van der Waals surface area contributed by atoms with E-state index in [-0.39, 0.29) is 22.4 Å². The Morgan fingerprint density at radius 1 is 1.17 bits per heavy atom. The zero-order valence-corrected chi connectivity index (χ0v) is 16.6. The summed E-state index contributed by atoms with van der Waals surface area (Å²) in [5.74, 6) is -0.0223. The fourth-order valence-electron chi connectivity index (χ4n) is 4.21. The maximum atomic E-state index is 13.4. The van der Waals surface area contributed by atoms with Gasteiger partial charge in [0, 0.05) is 13.1 Å². The average Bonchev–Trinajstić information content (AvgIpc) is 3.57. The fraction of sp³-hybridized carbons (Fsp3) is 0.400. The molecule has 9 heteroatoms. The van der Waals surface area contributed by atoms with Crippen LogP contribution in [0.3, 0.4) is 0 Å². The Balaban J connectivity index is 1.46. The molecule has 0 unspecified atom stereocenters. The fourth-order valence-corrected chi connectivity index (χ4v) is 6.62. The van der Waals surface area contributed by atoms with Crippen molar-refractivity contribution in [1.82, 2.24) is 15.1 Å². The number of nitrogens with zero attached hydrogens (tertiary/aromatic N) is 4. The number of hydrogen-bond donors (Lipinski definition) is 1. The molecule has 4 rings (SSSR count). The number of sulfone groups is 1. The normalized spacial score (nSPS) is 18.7. The van der Waals surface area contributed by atoms with E-state index in [0.29, 0.717) is 44.5 Å². The number of nitrogens with one attached hydrogen (secondary N) is 1. The zero-order chi connectivity index (χ0) is 20.5. The van der Waals surface area contributed by atoms with Crippen LogP contribution >= 0.6 is 0 Å². The van der Waals surface area contributed by atoms with E-state index in [1.54, 1.807) is 29.2 Å². The minimum absolute atomic E-state index is 0.0223. The topological polar surface area (TPSA) is 116 Å². The molecular weight excluding hydrogens is 390 g/mol. The molecule has 1 saturated carbocycles.